The first-order valence-corrected chi connectivity index (χ1v) is 6.42. The molecule has 2 rings (SSSR count). The number of carboxylic acids is 1. The van der Waals surface area contributed by atoms with Gasteiger partial charge in [0.25, 0.3) is 0 Å². The van der Waals surface area contributed by atoms with Crippen LogP contribution in [0, 0.1) is 6.92 Å². The van der Waals surface area contributed by atoms with Gasteiger partial charge >= 0.3 is 0 Å². The maximum atomic E-state index is 10.4. The van der Waals surface area contributed by atoms with Crippen LogP contribution in [0.25, 0.3) is 0 Å². The highest BCUT2D eigenvalue weighted by atomic mass is 16.5. The number of para-hydroxylation sites is 1. The van der Waals surface area contributed by atoms with E-state index in [1.807, 2.05) is 37.3 Å². The van der Waals surface area contributed by atoms with Crippen LogP contribution >= 0.6 is 0 Å². The fourth-order valence-electron chi connectivity index (χ4n) is 1.66. The van der Waals surface area contributed by atoms with E-state index in [0.717, 1.165) is 5.69 Å². The third kappa shape index (κ3) is 4.65. The highest BCUT2D eigenvalue weighted by molar-refractivity contribution is 5.84. The van der Waals surface area contributed by atoms with Gasteiger partial charge in [0.1, 0.15) is 12.4 Å². The third-order valence-electron chi connectivity index (χ3n) is 2.71. The number of ether oxygens (including phenoxy) is 1. The maximum Gasteiger partial charge on any atom is 0.128 e. The van der Waals surface area contributed by atoms with Gasteiger partial charge in [-0.25, -0.2) is 0 Å². The zero-order valence-corrected chi connectivity index (χ0v) is 11.6. The van der Waals surface area contributed by atoms with E-state index < -0.39 is 12.6 Å². The summed E-state index contributed by atoms with van der Waals surface area (Å²) in [6.07, 6.45) is 1.57. The highest BCUT2D eigenvalue weighted by Crippen LogP contribution is 2.16. The van der Waals surface area contributed by atoms with Crippen molar-refractivity contribution in [3.63, 3.8) is 0 Å². The summed E-state index contributed by atoms with van der Waals surface area (Å²) < 4.78 is 5.14. The Morgan fingerprint density at radius 1 is 1.24 bits per heavy atom. The van der Waals surface area contributed by atoms with E-state index in [-0.39, 0.29) is 0 Å². The molecule has 108 valence electrons. The van der Waals surface area contributed by atoms with E-state index in [9.17, 15) is 9.90 Å². The SMILES string of the molecule is Cc1ccc(N/N=C\c2ccccc2OCC(=O)[O-])cc1. The summed E-state index contributed by atoms with van der Waals surface area (Å²) in [6, 6.07) is 14.8. The normalized spacial score (nSPS) is 10.5. The Morgan fingerprint density at radius 3 is 2.67 bits per heavy atom. The largest absolute Gasteiger partial charge is 0.546 e. The van der Waals surface area contributed by atoms with Crippen molar-refractivity contribution < 1.29 is 14.6 Å². The van der Waals surface area contributed by atoms with E-state index in [2.05, 4.69) is 10.5 Å². The van der Waals surface area contributed by atoms with Crippen LogP contribution in [-0.2, 0) is 4.79 Å². The molecule has 0 aromatic heterocycles. The van der Waals surface area contributed by atoms with Crippen molar-refractivity contribution in [3.05, 3.63) is 59.7 Å². The summed E-state index contributed by atoms with van der Waals surface area (Å²) in [7, 11) is 0. The van der Waals surface area contributed by atoms with Crippen LogP contribution in [0.4, 0.5) is 5.69 Å². The average Bonchev–Trinajstić information content (AvgIpc) is 2.48. The topological polar surface area (TPSA) is 73.8 Å². The number of benzene rings is 2. The van der Waals surface area contributed by atoms with Crippen LogP contribution in [0.2, 0.25) is 0 Å². The van der Waals surface area contributed by atoms with Crippen LogP contribution < -0.4 is 15.3 Å². The lowest BCUT2D eigenvalue weighted by Gasteiger charge is -2.09. The van der Waals surface area contributed by atoms with Crippen molar-refractivity contribution in [3.8, 4) is 5.75 Å². The van der Waals surface area contributed by atoms with Gasteiger partial charge in [-0.15, -0.1) is 0 Å². The van der Waals surface area contributed by atoms with E-state index in [1.165, 1.54) is 5.56 Å². The quantitative estimate of drug-likeness (QED) is 0.645. The second kappa shape index (κ2) is 7.09. The molecule has 0 heterocycles. The van der Waals surface area contributed by atoms with Crippen LogP contribution in [0.3, 0.4) is 0 Å². The minimum Gasteiger partial charge on any atom is -0.546 e. The van der Waals surface area contributed by atoms with Gasteiger partial charge in [0, 0.05) is 5.56 Å². The zero-order valence-electron chi connectivity index (χ0n) is 11.6. The summed E-state index contributed by atoms with van der Waals surface area (Å²) in [5.41, 5.74) is 5.61. The third-order valence-corrected chi connectivity index (χ3v) is 2.71. The predicted octanol–water partition coefficient (Wildman–Crippen LogP) is 1.57. The minimum atomic E-state index is -1.26. The summed E-state index contributed by atoms with van der Waals surface area (Å²) in [5.74, 6) is -0.823. The highest BCUT2D eigenvalue weighted by Gasteiger charge is 2.00. The van der Waals surface area contributed by atoms with Gasteiger partial charge in [-0.3, -0.25) is 5.43 Å². The van der Waals surface area contributed by atoms with Gasteiger partial charge in [0.05, 0.1) is 17.9 Å². The lowest BCUT2D eigenvalue weighted by molar-refractivity contribution is -0.307. The molecular formula is C16H15N2O3-. The monoisotopic (exact) mass is 283 g/mol. The van der Waals surface area contributed by atoms with Gasteiger partial charge in [-0.05, 0) is 31.2 Å². The molecular weight excluding hydrogens is 268 g/mol. The Kier molecular flexibility index (Phi) is 4.93. The van der Waals surface area contributed by atoms with Crippen molar-refractivity contribution >= 4 is 17.9 Å². The van der Waals surface area contributed by atoms with E-state index >= 15 is 0 Å². The molecule has 0 radical (unpaired) electrons. The van der Waals surface area contributed by atoms with Gasteiger partial charge in [-0.1, -0.05) is 29.8 Å². The molecule has 0 unspecified atom stereocenters. The molecule has 5 nitrogen and oxygen atoms in total. The fourth-order valence-corrected chi connectivity index (χ4v) is 1.66. The van der Waals surface area contributed by atoms with Gasteiger partial charge < -0.3 is 14.6 Å². The molecule has 0 saturated heterocycles. The number of hydrogen-bond donors (Lipinski definition) is 1. The number of anilines is 1. The molecule has 2 aromatic carbocycles. The van der Waals surface area contributed by atoms with E-state index in [4.69, 9.17) is 4.74 Å². The summed E-state index contributed by atoms with van der Waals surface area (Å²) >= 11 is 0. The average molecular weight is 283 g/mol. The number of nitrogens with zero attached hydrogens (tertiary/aromatic N) is 1. The first-order valence-electron chi connectivity index (χ1n) is 6.42. The number of rotatable bonds is 6. The number of aryl methyl sites for hydroxylation is 1. The van der Waals surface area contributed by atoms with E-state index in [0.29, 0.717) is 11.3 Å². The fraction of sp³-hybridized carbons (Fsp3) is 0.125. The number of aliphatic carboxylic acids is 1. The van der Waals surface area contributed by atoms with Crippen molar-refractivity contribution in [2.75, 3.05) is 12.0 Å². The molecule has 0 fully saturated rings. The molecule has 1 N–H and O–H groups in total. The minimum absolute atomic E-state index is 0.441. The second-order valence-electron chi connectivity index (χ2n) is 4.43. The molecule has 0 spiro atoms. The van der Waals surface area contributed by atoms with Crippen molar-refractivity contribution in [2.45, 2.75) is 6.92 Å². The Bertz CT molecular complexity index is 636. The van der Waals surface area contributed by atoms with Gasteiger partial charge in [-0.2, -0.15) is 5.10 Å². The van der Waals surface area contributed by atoms with Crippen molar-refractivity contribution in [2.24, 2.45) is 5.10 Å². The molecule has 0 aliphatic rings. The van der Waals surface area contributed by atoms with Gasteiger partial charge in [0.2, 0.25) is 0 Å². The molecule has 0 bridgehead atoms. The molecule has 0 amide bonds. The van der Waals surface area contributed by atoms with E-state index in [1.54, 1.807) is 24.4 Å². The summed E-state index contributed by atoms with van der Waals surface area (Å²) in [6.45, 7) is 1.52. The number of carboxylic acid groups (broad SMARTS) is 1. The van der Waals surface area contributed by atoms with Crippen LogP contribution in [0.1, 0.15) is 11.1 Å². The first-order chi connectivity index (χ1) is 10.1. The lowest BCUT2D eigenvalue weighted by atomic mass is 10.2. The Labute approximate surface area is 122 Å². The Balaban J connectivity index is 2.03. The lowest BCUT2D eigenvalue weighted by Crippen LogP contribution is -2.29. The Hall–Kier alpha value is -2.82. The van der Waals surface area contributed by atoms with Crippen molar-refractivity contribution in [1.82, 2.24) is 0 Å². The number of carbonyl (C=O) groups is 1. The van der Waals surface area contributed by atoms with Gasteiger partial charge in [0.15, 0.2) is 0 Å². The number of carbonyl (C=O) groups excluding carboxylic acids is 1. The van der Waals surface area contributed by atoms with Crippen LogP contribution in [-0.4, -0.2) is 18.8 Å². The first kappa shape index (κ1) is 14.6. The standard InChI is InChI=1S/C16H16N2O3/c1-12-6-8-14(9-7-12)18-17-10-13-4-2-3-5-15(13)21-11-16(19)20/h2-10,18H,11H2,1H3,(H,19,20)/p-1/b17-10-. The Morgan fingerprint density at radius 2 is 1.95 bits per heavy atom. The molecule has 0 atom stereocenters. The van der Waals surface area contributed by atoms with Crippen LogP contribution in [0.5, 0.6) is 5.75 Å². The maximum absolute atomic E-state index is 10.4. The van der Waals surface area contributed by atoms with Crippen LogP contribution in [0.15, 0.2) is 53.6 Å². The molecule has 0 aliphatic heterocycles. The number of nitrogens with one attached hydrogen (secondary N) is 1. The molecule has 0 aliphatic carbocycles. The predicted molar refractivity (Wildman–Crippen MR) is 79.3 cm³/mol. The number of hydrogen-bond acceptors (Lipinski definition) is 5. The van der Waals surface area contributed by atoms with Crippen molar-refractivity contribution in [1.29, 1.82) is 0 Å². The number of hydrazone groups is 1. The summed E-state index contributed by atoms with van der Waals surface area (Å²) in [4.78, 5) is 10.4. The zero-order chi connectivity index (χ0) is 15.1. The molecule has 2 aromatic rings. The summed E-state index contributed by atoms with van der Waals surface area (Å²) in [5, 5.41) is 14.5. The molecule has 5 heteroatoms. The second-order valence-corrected chi connectivity index (χ2v) is 4.43. The molecule has 0 saturated carbocycles. The smallest absolute Gasteiger partial charge is 0.128 e. The molecule has 21 heavy (non-hydrogen) atoms.